The van der Waals surface area contributed by atoms with Gasteiger partial charge >= 0.3 is 0 Å². The van der Waals surface area contributed by atoms with Gasteiger partial charge in [-0.1, -0.05) is 12.1 Å². The van der Waals surface area contributed by atoms with Gasteiger partial charge in [-0.05, 0) is 30.3 Å². The van der Waals surface area contributed by atoms with Crippen LogP contribution in [0.25, 0.3) is 0 Å². The number of pyridine rings is 1. The molecule has 0 aliphatic heterocycles. The van der Waals surface area contributed by atoms with Crippen molar-refractivity contribution < 1.29 is 17.9 Å². The van der Waals surface area contributed by atoms with Crippen molar-refractivity contribution in [1.82, 2.24) is 15.0 Å². The number of methoxy groups -OCH3 is 1. The van der Waals surface area contributed by atoms with Crippen molar-refractivity contribution in [2.75, 3.05) is 26.8 Å². The number of ether oxygens (including phenoxy) is 1. The molecule has 0 fully saturated rings. The third-order valence-corrected chi connectivity index (χ3v) is 4.86. The molecular weight excluding hydrogens is 342 g/mol. The summed E-state index contributed by atoms with van der Waals surface area (Å²) in [6.07, 6.45) is 2.30. The number of carbonyl (C=O) groups excluding carboxylic acids is 1. The van der Waals surface area contributed by atoms with Crippen LogP contribution in [0.2, 0.25) is 0 Å². The zero-order chi connectivity index (χ0) is 18.1. The number of sulfonamides is 1. The lowest BCUT2D eigenvalue weighted by Crippen LogP contribution is -2.28. The van der Waals surface area contributed by atoms with Gasteiger partial charge in [0.05, 0.1) is 11.5 Å². The van der Waals surface area contributed by atoms with Crippen molar-refractivity contribution in [3.05, 3.63) is 59.9 Å². The van der Waals surface area contributed by atoms with E-state index >= 15 is 0 Å². The van der Waals surface area contributed by atoms with Gasteiger partial charge in [0.1, 0.15) is 0 Å². The third-order valence-electron chi connectivity index (χ3n) is 3.40. The number of aromatic nitrogens is 1. The van der Waals surface area contributed by atoms with Gasteiger partial charge in [0, 0.05) is 44.1 Å². The molecule has 8 heteroatoms. The maximum Gasteiger partial charge on any atom is 0.251 e. The Morgan fingerprint density at radius 2 is 2.00 bits per heavy atom. The maximum atomic E-state index is 12.2. The zero-order valence-corrected chi connectivity index (χ0v) is 14.8. The lowest BCUT2D eigenvalue weighted by molar-refractivity contribution is 0.0954. The minimum Gasteiger partial charge on any atom is -0.383 e. The average Bonchev–Trinajstić information content (AvgIpc) is 2.63. The fourth-order valence-corrected chi connectivity index (χ4v) is 3.18. The van der Waals surface area contributed by atoms with Crippen LogP contribution < -0.4 is 10.0 Å². The van der Waals surface area contributed by atoms with Gasteiger partial charge in [0.2, 0.25) is 10.0 Å². The Bertz CT molecular complexity index is 795. The standard InChI is InChI=1S/C17H21N3O4S/c1-24-12-11-20-25(22,23)16-7-4-5-14(13-16)17(21)19-10-8-15-6-2-3-9-18-15/h2-7,9,13,20H,8,10-12H2,1H3,(H,19,21). The zero-order valence-electron chi connectivity index (χ0n) is 13.9. The molecule has 0 aliphatic rings. The number of amides is 1. The molecule has 7 nitrogen and oxygen atoms in total. The van der Waals surface area contributed by atoms with E-state index in [9.17, 15) is 13.2 Å². The first kappa shape index (κ1) is 19.0. The van der Waals surface area contributed by atoms with Crippen LogP contribution in [-0.2, 0) is 21.2 Å². The van der Waals surface area contributed by atoms with Gasteiger partial charge in [-0.25, -0.2) is 13.1 Å². The van der Waals surface area contributed by atoms with Crippen molar-refractivity contribution in [2.45, 2.75) is 11.3 Å². The number of benzene rings is 1. The SMILES string of the molecule is COCCNS(=O)(=O)c1cccc(C(=O)NCCc2ccccn2)c1. The van der Waals surface area contributed by atoms with Crippen LogP contribution in [0.1, 0.15) is 16.1 Å². The summed E-state index contributed by atoms with van der Waals surface area (Å²) in [6.45, 7) is 0.852. The molecule has 0 spiro atoms. The lowest BCUT2D eigenvalue weighted by atomic mass is 10.2. The Morgan fingerprint density at radius 1 is 1.16 bits per heavy atom. The summed E-state index contributed by atoms with van der Waals surface area (Å²) < 4.78 is 31.6. The summed E-state index contributed by atoms with van der Waals surface area (Å²) in [5.74, 6) is -0.329. The molecule has 0 aliphatic carbocycles. The second kappa shape index (κ2) is 9.26. The Balaban J connectivity index is 1.96. The number of hydrogen-bond acceptors (Lipinski definition) is 5. The average molecular weight is 363 g/mol. The van der Waals surface area contributed by atoms with E-state index in [0.717, 1.165) is 5.69 Å². The lowest BCUT2D eigenvalue weighted by Gasteiger charge is -2.09. The van der Waals surface area contributed by atoms with Gasteiger partial charge in [0.25, 0.3) is 5.91 Å². The van der Waals surface area contributed by atoms with Gasteiger partial charge in [0.15, 0.2) is 0 Å². The van der Waals surface area contributed by atoms with Gasteiger partial charge in [-0.3, -0.25) is 9.78 Å². The molecule has 1 amide bonds. The van der Waals surface area contributed by atoms with E-state index < -0.39 is 10.0 Å². The maximum absolute atomic E-state index is 12.2. The smallest absolute Gasteiger partial charge is 0.251 e. The van der Waals surface area contributed by atoms with E-state index in [0.29, 0.717) is 13.0 Å². The highest BCUT2D eigenvalue weighted by molar-refractivity contribution is 7.89. The fraction of sp³-hybridized carbons (Fsp3) is 0.294. The molecule has 2 N–H and O–H groups in total. The van der Waals surface area contributed by atoms with E-state index in [2.05, 4.69) is 15.0 Å². The molecule has 0 saturated heterocycles. The molecule has 2 rings (SSSR count). The van der Waals surface area contributed by atoms with Crippen molar-refractivity contribution in [1.29, 1.82) is 0 Å². The monoisotopic (exact) mass is 363 g/mol. The van der Waals surface area contributed by atoms with Crippen molar-refractivity contribution >= 4 is 15.9 Å². The minimum atomic E-state index is -3.67. The Kier molecular flexibility index (Phi) is 7.05. The van der Waals surface area contributed by atoms with Gasteiger partial charge < -0.3 is 10.1 Å². The number of hydrogen-bond donors (Lipinski definition) is 2. The van der Waals surface area contributed by atoms with Crippen molar-refractivity contribution in [3.63, 3.8) is 0 Å². The summed E-state index contributed by atoms with van der Waals surface area (Å²) in [5.41, 5.74) is 1.16. The van der Waals surface area contributed by atoms with E-state index in [4.69, 9.17) is 4.74 Å². The highest BCUT2D eigenvalue weighted by Crippen LogP contribution is 2.11. The van der Waals surface area contributed by atoms with Crippen LogP contribution in [0, 0.1) is 0 Å². The quantitative estimate of drug-likeness (QED) is 0.647. The van der Waals surface area contributed by atoms with Crippen molar-refractivity contribution in [2.24, 2.45) is 0 Å². The summed E-state index contributed by atoms with van der Waals surface area (Å²) in [5, 5.41) is 2.76. The van der Waals surface area contributed by atoms with E-state index in [1.54, 1.807) is 18.3 Å². The highest BCUT2D eigenvalue weighted by atomic mass is 32.2. The molecule has 0 unspecified atom stereocenters. The molecule has 0 saturated carbocycles. The second-order valence-electron chi connectivity index (χ2n) is 5.25. The predicted octanol–water partition coefficient (Wildman–Crippen LogP) is 0.979. The fourth-order valence-electron chi connectivity index (χ4n) is 2.12. The van der Waals surface area contributed by atoms with Crippen LogP contribution in [-0.4, -0.2) is 46.1 Å². The summed E-state index contributed by atoms with van der Waals surface area (Å²) in [4.78, 5) is 16.4. The van der Waals surface area contributed by atoms with Crippen LogP contribution in [0.4, 0.5) is 0 Å². The number of rotatable bonds is 9. The molecule has 1 aromatic carbocycles. The van der Waals surface area contributed by atoms with E-state index in [1.165, 1.54) is 19.2 Å². The number of nitrogens with zero attached hydrogens (tertiary/aromatic N) is 1. The molecule has 1 heterocycles. The third kappa shape index (κ3) is 5.93. The number of nitrogens with one attached hydrogen (secondary N) is 2. The van der Waals surface area contributed by atoms with Gasteiger partial charge in [-0.2, -0.15) is 0 Å². The summed E-state index contributed by atoms with van der Waals surface area (Å²) in [6, 6.07) is 11.5. The Hall–Kier alpha value is -2.29. The normalized spacial score (nSPS) is 11.2. The van der Waals surface area contributed by atoms with Crippen LogP contribution in [0.5, 0.6) is 0 Å². The minimum absolute atomic E-state index is 0.0426. The molecule has 25 heavy (non-hydrogen) atoms. The predicted molar refractivity (Wildman–Crippen MR) is 93.8 cm³/mol. The summed E-state index contributed by atoms with van der Waals surface area (Å²) >= 11 is 0. The first-order valence-electron chi connectivity index (χ1n) is 7.80. The first-order chi connectivity index (χ1) is 12.0. The first-order valence-corrected chi connectivity index (χ1v) is 9.28. The summed E-state index contributed by atoms with van der Waals surface area (Å²) in [7, 11) is -2.18. The molecule has 0 atom stereocenters. The molecular formula is C17H21N3O4S. The molecule has 134 valence electrons. The van der Waals surface area contributed by atoms with Crippen LogP contribution >= 0.6 is 0 Å². The van der Waals surface area contributed by atoms with Crippen molar-refractivity contribution in [3.8, 4) is 0 Å². The number of carbonyl (C=O) groups is 1. The van der Waals surface area contributed by atoms with E-state index in [-0.39, 0.29) is 29.5 Å². The molecule has 2 aromatic rings. The Labute approximate surface area is 147 Å². The Morgan fingerprint density at radius 3 is 2.72 bits per heavy atom. The van der Waals surface area contributed by atoms with Crippen LogP contribution in [0.3, 0.4) is 0 Å². The van der Waals surface area contributed by atoms with Crippen LogP contribution in [0.15, 0.2) is 53.6 Å². The van der Waals surface area contributed by atoms with Gasteiger partial charge in [-0.15, -0.1) is 0 Å². The molecule has 0 bridgehead atoms. The second-order valence-corrected chi connectivity index (χ2v) is 7.01. The topological polar surface area (TPSA) is 97.4 Å². The largest absolute Gasteiger partial charge is 0.383 e. The molecule has 0 radical (unpaired) electrons. The molecule has 1 aromatic heterocycles. The highest BCUT2D eigenvalue weighted by Gasteiger charge is 2.15. The van der Waals surface area contributed by atoms with E-state index in [1.807, 2.05) is 18.2 Å².